The molecular weight excluding hydrogens is 368 g/mol. The topological polar surface area (TPSA) is 68.8 Å². The molecule has 0 unspecified atom stereocenters. The van der Waals surface area contributed by atoms with Crippen LogP contribution in [-0.2, 0) is 11.4 Å². The third-order valence-corrected chi connectivity index (χ3v) is 4.38. The average Bonchev–Trinajstić information content (AvgIpc) is 2.77. The predicted molar refractivity (Wildman–Crippen MR) is 112 cm³/mol. The van der Waals surface area contributed by atoms with E-state index in [-0.39, 0.29) is 12.5 Å². The van der Waals surface area contributed by atoms with Gasteiger partial charge >= 0.3 is 0 Å². The number of ether oxygens (including phenoxy) is 3. The smallest absolute Gasteiger partial charge is 0.243 e. The summed E-state index contributed by atoms with van der Waals surface area (Å²) < 4.78 is 16.8. The number of benzene rings is 3. The fraction of sp³-hybridized carbons (Fsp3) is 0.174. The summed E-state index contributed by atoms with van der Waals surface area (Å²) in [6.45, 7) is 1.72. The van der Waals surface area contributed by atoms with Crippen LogP contribution < -0.4 is 24.8 Å². The van der Waals surface area contributed by atoms with Crippen LogP contribution in [0.1, 0.15) is 5.56 Å². The van der Waals surface area contributed by atoms with Gasteiger partial charge in [-0.3, -0.25) is 4.79 Å². The van der Waals surface area contributed by atoms with E-state index in [0.717, 1.165) is 17.0 Å². The molecule has 0 saturated heterocycles. The van der Waals surface area contributed by atoms with Crippen LogP contribution in [0.5, 0.6) is 17.2 Å². The molecule has 4 rings (SSSR count). The van der Waals surface area contributed by atoms with Gasteiger partial charge in [0, 0.05) is 17.4 Å². The van der Waals surface area contributed by atoms with Crippen LogP contribution in [-0.4, -0.2) is 25.7 Å². The van der Waals surface area contributed by atoms with Crippen molar-refractivity contribution in [1.82, 2.24) is 0 Å². The van der Waals surface area contributed by atoms with E-state index in [1.54, 1.807) is 18.2 Å². The molecule has 1 aliphatic heterocycles. The number of carbonyl (C=O) groups excluding carboxylic acids is 1. The zero-order valence-electron chi connectivity index (χ0n) is 15.9. The molecule has 6 heteroatoms. The van der Waals surface area contributed by atoms with Crippen molar-refractivity contribution in [3.63, 3.8) is 0 Å². The molecule has 0 aliphatic carbocycles. The number of hydrogen-bond donors (Lipinski definition) is 2. The molecule has 3 aromatic carbocycles. The summed E-state index contributed by atoms with van der Waals surface area (Å²) in [7, 11) is 0. The Morgan fingerprint density at radius 2 is 1.59 bits per heavy atom. The molecule has 3 aromatic rings. The van der Waals surface area contributed by atoms with Crippen molar-refractivity contribution in [2.75, 3.05) is 30.4 Å². The third-order valence-electron chi connectivity index (χ3n) is 4.38. The van der Waals surface area contributed by atoms with Crippen LogP contribution in [0.15, 0.2) is 72.8 Å². The van der Waals surface area contributed by atoms with Crippen LogP contribution in [0.25, 0.3) is 0 Å². The second kappa shape index (κ2) is 9.01. The second-order valence-electron chi connectivity index (χ2n) is 6.56. The van der Waals surface area contributed by atoms with E-state index in [1.807, 2.05) is 54.6 Å². The maximum atomic E-state index is 12.2. The summed E-state index contributed by atoms with van der Waals surface area (Å²) in [5.74, 6) is 1.97. The van der Waals surface area contributed by atoms with Gasteiger partial charge in [-0.15, -0.1) is 0 Å². The molecule has 1 heterocycles. The molecule has 29 heavy (non-hydrogen) atoms. The van der Waals surface area contributed by atoms with Gasteiger partial charge in [-0.1, -0.05) is 30.3 Å². The Labute approximate surface area is 169 Å². The first kappa shape index (κ1) is 18.7. The summed E-state index contributed by atoms with van der Waals surface area (Å²) >= 11 is 0. The maximum Gasteiger partial charge on any atom is 0.243 e. The molecular formula is C23H22N2O4. The van der Waals surface area contributed by atoms with Crippen LogP contribution in [0.4, 0.5) is 11.4 Å². The van der Waals surface area contributed by atoms with Crippen LogP contribution in [0.2, 0.25) is 0 Å². The van der Waals surface area contributed by atoms with Gasteiger partial charge in [-0.2, -0.15) is 0 Å². The first-order valence-electron chi connectivity index (χ1n) is 9.46. The van der Waals surface area contributed by atoms with Gasteiger partial charge in [0.05, 0.1) is 6.54 Å². The number of carbonyl (C=O) groups is 1. The lowest BCUT2D eigenvalue weighted by molar-refractivity contribution is -0.114. The van der Waals surface area contributed by atoms with Crippen molar-refractivity contribution in [3.8, 4) is 17.2 Å². The Morgan fingerprint density at radius 1 is 0.862 bits per heavy atom. The zero-order valence-corrected chi connectivity index (χ0v) is 15.9. The monoisotopic (exact) mass is 390 g/mol. The normalized spacial score (nSPS) is 12.1. The minimum Gasteiger partial charge on any atom is -0.489 e. The first-order valence-corrected chi connectivity index (χ1v) is 9.46. The van der Waals surface area contributed by atoms with Crippen molar-refractivity contribution in [1.29, 1.82) is 0 Å². The highest BCUT2D eigenvalue weighted by Gasteiger charge is 2.12. The SMILES string of the molecule is O=C(CNc1ccc(OCc2ccccc2)cc1)Nc1ccc2c(c1)OCCO2. The Bertz CT molecular complexity index is 958. The number of amides is 1. The van der Waals surface area contributed by atoms with Gasteiger partial charge in [0.15, 0.2) is 11.5 Å². The first-order chi connectivity index (χ1) is 14.3. The lowest BCUT2D eigenvalue weighted by Crippen LogP contribution is -2.22. The number of fused-ring (bicyclic) bond motifs is 1. The molecule has 0 atom stereocenters. The molecule has 0 radical (unpaired) electrons. The molecule has 148 valence electrons. The van der Waals surface area contributed by atoms with Crippen LogP contribution >= 0.6 is 0 Å². The molecule has 1 amide bonds. The molecule has 1 aliphatic rings. The molecule has 0 bridgehead atoms. The summed E-state index contributed by atoms with van der Waals surface area (Å²) in [4.78, 5) is 12.2. The number of nitrogens with one attached hydrogen (secondary N) is 2. The van der Waals surface area contributed by atoms with Gasteiger partial charge in [0.25, 0.3) is 0 Å². The summed E-state index contributed by atoms with van der Waals surface area (Å²) in [6, 6.07) is 22.9. The highest BCUT2D eigenvalue weighted by Crippen LogP contribution is 2.32. The summed E-state index contributed by atoms with van der Waals surface area (Å²) in [5.41, 5.74) is 2.63. The molecule has 2 N–H and O–H groups in total. The Kier molecular flexibility index (Phi) is 5.81. The lowest BCUT2D eigenvalue weighted by atomic mass is 10.2. The summed E-state index contributed by atoms with van der Waals surface area (Å²) in [5, 5.41) is 5.95. The number of hydrogen-bond acceptors (Lipinski definition) is 5. The molecule has 0 fully saturated rings. The highest BCUT2D eigenvalue weighted by molar-refractivity contribution is 5.94. The molecule has 0 aromatic heterocycles. The zero-order chi connectivity index (χ0) is 19.9. The Balaban J connectivity index is 1.25. The molecule has 0 saturated carbocycles. The van der Waals surface area contributed by atoms with E-state index >= 15 is 0 Å². The Hall–Kier alpha value is -3.67. The average molecular weight is 390 g/mol. The largest absolute Gasteiger partial charge is 0.489 e. The van der Waals surface area contributed by atoms with Crippen molar-refractivity contribution < 1.29 is 19.0 Å². The van der Waals surface area contributed by atoms with Crippen LogP contribution in [0, 0.1) is 0 Å². The second-order valence-corrected chi connectivity index (χ2v) is 6.56. The van der Waals surface area contributed by atoms with E-state index in [4.69, 9.17) is 14.2 Å². The van der Waals surface area contributed by atoms with Crippen LogP contribution in [0.3, 0.4) is 0 Å². The maximum absolute atomic E-state index is 12.2. The van der Waals surface area contributed by atoms with Gasteiger partial charge in [-0.05, 0) is 42.0 Å². The third kappa shape index (κ3) is 5.19. The fourth-order valence-electron chi connectivity index (χ4n) is 2.92. The molecule has 0 spiro atoms. The van der Waals surface area contributed by atoms with Crippen molar-refractivity contribution >= 4 is 17.3 Å². The fourth-order valence-corrected chi connectivity index (χ4v) is 2.92. The van der Waals surface area contributed by atoms with Crippen molar-refractivity contribution in [2.24, 2.45) is 0 Å². The highest BCUT2D eigenvalue weighted by atomic mass is 16.6. The van der Waals surface area contributed by atoms with Gasteiger partial charge < -0.3 is 24.8 Å². The predicted octanol–water partition coefficient (Wildman–Crippen LogP) is 4.09. The van der Waals surface area contributed by atoms with E-state index in [2.05, 4.69) is 10.6 Å². The van der Waals surface area contributed by atoms with E-state index in [0.29, 0.717) is 37.0 Å². The van der Waals surface area contributed by atoms with Crippen molar-refractivity contribution in [3.05, 3.63) is 78.4 Å². The standard InChI is InChI=1S/C23H22N2O4/c26-23(25-19-8-11-21-22(14-19)28-13-12-27-21)15-24-18-6-9-20(10-7-18)29-16-17-4-2-1-3-5-17/h1-11,14,24H,12-13,15-16H2,(H,25,26). The minimum absolute atomic E-state index is 0.147. The minimum atomic E-state index is -0.147. The van der Waals surface area contributed by atoms with E-state index in [1.165, 1.54) is 0 Å². The van der Waals surface area contributed by atoms with Gasteiger partial charge in [0.2, 0.25) is 5.91 Å². The quantitative estimate of drug-likeness (QED) is 0.636. The molecule has 6 nitrogen and oxygen atoms in total. The van der Waals surface area contributed by atoms with E-state index < -0.39 is 0 Å². The lowest BCUT2D eigenvalue weighted by Gasteiger charge is -2.19. The number of anilines is 2. The van der Waals surface area contributed by atoms with Gasteiger partial charge in [-0.25, -0.2) is 0 Å². The number of rotatable bonds is 7. The summed E-state index contributed by atoms with van der Waals surface area (Å²) in [6.07, 6.45) is 0. The Morgan fingerprint density at radius 3 is 2.38 bits per heavy atom. The van der Waals surface area contributed by atoms with Gasteiger partial charge in [0.1, 0.15) is 25.6 Å². The van der Waals surface area contributed by atoms with Crippen molar-refractivity contribution in [2.45, 2.75) is 6.61 Å². The van der Waals surface area contributed by atoms with E-state index in [9.17, 15) is 4.79 Å².